The Morgan fingerprint density at radius 1 is 1.03 bits per heavy atom. The van der Waals surface area contributed by atoms with Crippen LogP contribution in [0.5, 0.6) is 17.2 Å². The summed E-state index contributed by atoms with van der Waals surface area (Å²) >= 11 is 0. The van der Waals surface area contributed by atoms with Gasteiger partial charge >= 0.3 is 6.18 Å². The van der Waals surface area contributed by atoms with Crippen molar-refractivity contribution >= 4 is 15.7 Å². The quantitative estimate of drug-likeness (QED) is 0.511. The minimum Gasteiger partial charge on any atom is -0.488 e. The first-order valence-electron chi connectivity index (χ1n) is 10.4. The molecule has 0 radical (unpaired) electrons. The van der Waals surface area contributed by atoms with Crippen molar-refractivity contribution < 1.29 is 31.1 Å². The fourth-order valence-corrected chi connectivity index (χ4v) is 4.58. The second kappa shape index (κ2) is 9.51. The number of aromatic nitrogens is 1. The van der Waals surface area contributed by atoms with E-state index in [9.17, 15) is 21.6 Å². The SMILES string of the molecule is CN1CC[C@@H](Oc2cc(NS(=O)(=O)c3ccc(Oc4ccncc4)cc3)ccc2C(F)(F)F)C1. The van der Waals surface area contributed by atoms with E-state index in [4.69, 9.17) is 9.47 Å². The number of rotatable bonds is 7. The molecule has 0 spiro atoms. The smallest absolute Gasteiger partial charge is 0.419 e. The van der Waals surface area contributed by atoms with Crippen LogP contribution in [0.4, 0.5) is 18.9 Å². The molecule has 2 aromatic carbocycles. The second-order valence-electron chi connectivity index (χ2n) is 7.86. The van der Waals surface area contributed by atoms with Gasteiger partial charge in [0.2, 0.25) is 0 Å². The molecule has 3 aromatic rings. The van der Waals surface area contributed by atoms with E-state index in [1.54, 1.807) is 24.5 Å². The zero-order chi connectivity index (χ0) is 24.3. The number of sulfonamides is 1. The Balaban J connectivity index is 1.53. The van der Waals surface area contributed by atoms with Crippen LogP contribution in [-0.2, 0) is 16.2 Å². The molecule has 1 aliphatic heterocycles. The van der Waals surface area contributed by atoms with Crippen LogP contribution in [0.3, 0.4) is 0 Å². The van der Waals surface area contributed by atoms with Gasteiger partial charge in [-0.1, -0.05) is 0 Å². The lowest BCUT2D eigenvalue weighted by Gasteiger charge is -2.19. The lowest BCUT2D eigenvalue weighted by molar-refractivity contribution is -0.139. The van der Waals surface area contributed by atoms with Gasteiger partial charge in [0.05, 0.1) is 16.1 Å². The lowest BCUT2D eigenvalue weighted by Crippen LogP contribution is -2.23. The monoisotopic (exact) mass is 493 g/mol. The summed E-state index contributed by atoms with van der Waals surface area (Å²) in [5.74, 6) is 0.542. The molecule has 0 aliphatic carbocycles. The Morgan fingerprint density at radius 2 is 1.71 bits per heavy atom. The van der Waals surface area contributed by atoms with E-state index < -0.39 is 33.6 Å². The lowest BCUT2D eigenvalue weighted by atomic mass is 10.1. The van der Waals surface area contributed by atoms with Crippen LogP contribution in [0.1, 0.15) is 12.0 Å². The maximum absolute atomic E-state index is 13.5. The molecule has 2 heterocycles. The van der Waals surface area contributed by atoms with Gasteiger partial charge in [0.25, 0.3) is 10.0 Å². The first-order valence-corrected chi connectivity index (χ1v) is 11.9. The van der Waals surface area contributed by atoms with Gasteiger partial charge in [-0.05, 0) is 62.0 Å². The maximum atomic E-state index is 13.5. The highest BCUT2D eigenvalue weighted by atomic mass is 32.2. The predicted molar refractivity (Wildman–Crippen MR) is 120 cm³/mol. The van der Waals surface area contributed by atoms with Gasteiger partial charge in [0.15, 0.2) is 0 Å². The van der Waals surface area contributed by atoms with Crippen molar-refractivity contribution in [2.24, 2.45) is 0 Å². The molecule has 1 N–H and O–H groups in total. The Morgan fingerprint density at radius 3 is 2.32 bits per heavy atom. The summed E-state index contributed by atoms with van der Waals surface area (Å²) < 4.78 is 79.6. The minimum atomic E-state index is -4.64. The average molecular weight is 494 g/mol. The molecule has 1 fully saturated rings. The molecule has 0 bridgehead atoms. The summed E-state index contributed by atoms with van der Waals surface area (Å²) in [6.45, 7) is 1.19. The summed E-state index contributed by atoms with van der Waals surface area (Å²) in [5.41, 5.74) is -0.992. The maximum Gasteiger partial charge on any atom is 0.419 e. The van der Waals surface area contributed by atoms with Gasteiger partial charge in [-0.2, -0.15) is 13.2 Å². The fourth-order valence-electron chi connectivity index (χ4n) is 3.53. The molecule has 0 saturated carbocycles. The number of pyridine rings is 1. The minimum absolute atomic E-state index is 0.0357. The molecule has 0 unspecified atom stereocenters. The Labute approximate surface area is 195 Å². The van der Waals surface area contributed by atoms with E-state index in [1.165, 1.54) is 24.3 Å². The van der Waals surface area contributed by atoms with Gasteiger partial charge in [0, 0.05) is 31.5 Å². The molecule has 1 atom stereocenters. The third kappa shape index (κ3) is 5.78. The van der Waals surface area contributed by atoms with Crippen molar-refractivity contribution in [1.29, 1.82) is 0 Å². The third-order valence-corrected chi connectivity index (χ3v) is 6.60. The van der Waals surface area contributed by atoms with Gasteiger partial charge < -0.3 is 14.4 Å². The number of anilines is 1. The molecule has 180 valence electrons. The number of alkyl halides is 3. The summed E-state index contributed by atoms with van der Waals surface area (Å²) in [6.07, 6.45) is -1.35. The number of halogens is 3. The first kappa shape index (κ1) is 23.8. The number of hydrogen-bond acceptors (Lipinski definition) is 6. The van der Waals surface area contributed by atoms with Crippen molar-refractivity contribution in [1.82, 2.24) is 9.88 Å². The second-order valence-corrected chi connectivity index (χ2v) is 9.54. The molecule has 11 heteroatoms. The highest BCUT2D eigenvalue weighted by Gasteiger charge is 2.36. The number of nitrogens with zero attached hydrogens (tertiary/aromatic N) is 2. The Bertz CT molecular complexity index is 1240. The number of nitrogens with one attached hydrogen (secondary N) is 1. The number of benzene rings is 2. The molecular weight excluding hydrogens is 471 g/mol. The van der Waals surface area contributed by atoms with Crippen LogP contribution in [0, 0.1) is 0 Å². The van der Waals surface area contributed by atoms with Crippen LogP contribution in [0.15, 0.2) is 71.9 Å². The average Bonchev–Trinajstić information content (AvgIpc) is 3.18. The number of likely N-dealkylation sites (N-methyl/N-ethyl adjacent to an activating group) is 1. The van der Waals surface area contributed by atoms with E-state index in [0.29, 0.717) is 31.0 Å². The molecule has 1 saturated heterocycles. The molecule has 1 aliphatic rings. The molecular formula is C23H22F3N3O4S. The molecule has 7 nitrogen and oxygen atoms in total. The summed E-state index contributed by atoms with van der Waals surface area (Å²) in [4.78, 5) is 5.77. The third-order valence-electron chi connectivity index (χ3n) is 5.20. The van der Waals surface area contributed by atoms with Crippen molar-refractivity contribution in [3.63, 3.8) is 0 Å². The standard InChI is InChI=1S/C23H22F3N3O4S/c1-29-13-10-19(15-29)33-22-14-16(2-7-21(22)23(24,25)26)28-34(30,31)20-5-3-17(4-6-20)32-18-8-11-27-12-9-18/h2-9,11-12,14,19,28H,10,13,15H2,1H3/t19-/m1/s1. The van der Waals surface area contributed by atoms with E-state index in [1.807, 2.05) is 11.9 Å². The van der Waals surface area contributed by atoms with E-state index in [2.05, 4.69) is 9.71 Å². The zero-order valence-corrected chi connectivity index (χ0v) is 18.9. The zero-order valence-electron chi connectivity index (χ0n) is 18.1. The number of hydrogen-bond donors (Lipinski definition) is 1. The van der Waals surface area contributed by atoms with Crippen molar-refractivity contribution in [3.8, 4) is 17.2 Å². The highest BCUT2D eigenvalue weighted by molar-refractivity contribution is 7.92. The van der Waals surface area contributed by atoms with Crippen molar-refractivity contribution in [2.75, 3.05) is 24.9 Å². The van der Waals surface area contributed by atoms with Crippen LogP contribution < -0.4 is 14.2 Å². The topological polar surface area (TPSA) is 80.8 Å². The summed E-state index contributed by atoms with van der Waals surface area (Å²) in [6, 6.07) is 11.9. The van der Waals surface area contributed by atoms with Crippen LogP contribution in [0.25, 0.3) is 0 Å². The summed E-state index contributed by atoms with van der Waals surface area (Å²) in [7, 11) is -2.21. The molecule has 34 heavy (non-hydrogen) atoms. The van der Waals surface area contributed by atoms with Crippen LogP contribution >= 0.6 is 0 Å². The molecule has 4 rings (SSSR count). The fraction of sp³-hybridized carbons (Fsp3) is 0.261. The highest BCUT2D eigenvalue weighted by Crippen LogP contribution is 2.39. The van der Waals surface area contributed by atoms with E-state index in [-0.39, 0.29) is 10.6 Å². The van der Waals surface area contributed by atoms with Gasteiger partial charge in [-0.15, -0.1) is 0 Å². The van der Waals surface area contributed by atoms with E-state index in [0.717, 1.165) is 18.2 Å². The largest absolute Gasteiger partial charge is 0.488 e. The summed E-state index contributed by atoms with van der Waals surface area (Å²) in [5, 5.41) is 0. The van der Waals surface area contributed by atoms with Crippen LogP contribution in [0.2, 0.25) is 0 Å². The Hall–Kier alpha value is -3.31. The number of likely N-dealkylation sites (tertiary alicyclic amines) is 1. The normalized spacial score (nSPS) is 16.9. The molecule has 0 amide bonds. The Kier molecular flexibility index (Phi) is 6.67. The van der Waals surface area contributed by atoms with Gasteiger partial charge in [0.1, 0.15) is 23.4 Å². The van der Waals surface area contributed by atoms with Gasteiger partial charge in [-0.3, -0.25) is 9.71 Å². The van der Waals surface area contributed by atoms with E-state index >= 15 is 0 Å². The van der Waals surface area contributed by atoms with Crippen molar-refractivity contribution in [3.05, 3.63) is 72.6 Å². The molecule has 1 aromatic heterocycles. The first-order chi connectivity index (χ1) is 16.1. The number of ether oxygens (including phenoxy) is 2. The predicted octanol–water partition coefficient (Wildman–Crippen LogP) is 4.78. The van der Waals surface area contributed by atoms with Crippen LogP contribution in [-0.4, -0.2) is 44.5 Å². The van der Waals surface area contributed by atoms with Crippen molar-refractivity contribution in [2.45, 2.75) is 23.6 Å². The van der Waals surface area contributed by atoms with Gasteiger partial charge in [-0.25, -0.2) is 8.42 Å².